The minimum atomic E-state index is 0. The molecule has 37 heavy (non-hydrogen) atoms. The Labute approximate surface area is 256 Å². The van der Waals surface area contributed by atoms with E-state index < -0.39 is 0 Å². The van der Waals surface area contributed by atoms with Crippen molar-refractivity contribution in [1.82, 2.24) is 0 Å². The minimum Gasteiger partial charge on any atom is -1.00 e. The predicted molar refractivity (Wildman–Crippen MR) is 148 cm³/mol. The van der Waals surface area contributed by atoms with Crippen molar-refractivity contribution in [1.29, 1.82) is 0 Å². The van der Waals surface area contributed by atoms with Crippen LogP contribution in [0, 0.1) is 13.0 Å². The van der Waals surface area contributed by atoms with E-state index in [1.54, 1.807) is 0 Å². The first-order chi connectivity index (χ1) is 16.7. The third kappa shape index (κ3) is 5.84. The number of halogens is 2. The van der Waals surface area contributed by atoms with E-state index in [1.165, 1.54) is 61.2 Å². The van der Waals surface area contributed by atoms with Gasteiger partial charge in [-0.1, -0.05) is 98.4 Å². The number of rotatable bonds is 3. The maximum atomic E-state index is 3.68. The molecular formula is C33H31Cl2SiZr. The molecule has 2 aliphatic rings. The number of hydrogen-bond acceptors (Lipinski definition) is 0. The van der Waals surface area contributed by atoms with Crippen LogP contribution in [0.2, 0.25) is 13.1 Å². The summed E-state index contributed by atoms with van der Waals surface area (Å²) >= 11 is 0. The molecule has 3 radical (unpaired) electrons. The maximum Gasteiger partial charge on any atom is 3.00 e. The van der Waals surface area contributed by atoms with Crippen molar-refractivity contribution in [3.05, 3.63) is 124 Å². The van der Waals surface area contributed by atoms with Crippen LogP contribution in [0.25, 0.3) is 28.3 Å². The first-order valence-corrected chi connectivity index (χ1v) is 14.3. The van der Waals surface area contributed by atoms with Crippen molar-refractivity contribution in [3.8, 4) is 22.3 Å². The Morgan fingerprint density at radius 1 is 0.811 bits per heavy atom. The molecule has 0 aliphatic heterocycles. The van der Waals surface area contributed by atoms with Gasteiger partial charge in [-0.05, 0) is 58.7 Å². The minimum absolute atomic E-state index is 0. The quantitative estimate of drug-likeness (QED) is 0.216. The number of hydrogen-bond donors (Lipinski definition) is 0. The molecule has 0 fully saturated rings. The molecule has 185 valence electrons. The van der Waals surface area contributed by atoms with E-state index in [2.05, 4.69) is 118 Å². The summed E-state index contributed by atoms with van der Waals surface area (Å²) in [7, 11) is 1.08. The molecule has 0 amide bonds. The fourth-order valence-corrected chi connectivity index (χ4v) is 5.60. The van der Waals surface area contributed by atoms with Gasteiger partial charge in [-0.2, -0.15) is 18.2 Å². The Hall–Kier alpha value is -1.70. The van der Waals surface area contributed by atoms with Crippen molar-refractivity contribution >= 4 is 15.6 Å². The van der Waals surface area contributed by atoms with Crippen LogP contribution >= 0.6 is 0 Å². The number of benzene rings is 4. The summed E-state index contributed by atoms with van der Waals surface area (Å²) < 4.78 is 0. The molecule has 0 bridgehead atoms. The van der Waals surface area contributed by atoms with Gasteiger partial charge in [0.2, 0.25) is 0 Å². The molecule has 1 unspecified atom stereocenters. The molecule has 0 saturated carbocycles. The average Bonchev–Trinajstić information content (AvgIpc) is 3.43. The summed E-state index contributed by atoms with van der Waals surface area (Å²) in [6.45, 7) is 8.80. The van der Waals surface area contributed by atoms with Crippen molar-refractivity contribution in [3.63, 3.8) is 0 Å². The third-order valence-electron chi connectivity index (χ3n) is 7.10. The summed E-state index contributed by atoms with van der Waals surface area (Å²) in [5.74, 6) is 0.299. The van der Waals surface area contributed by atoms with Crippen LogP contribution in [0.3, 0.4) is 0 Å². The van der Waals surface area contributed by atoms with E-state index >= 15 is 0 Å². The molecule has 4 aromatic rings. The Morgan fingerprint density at radius 3 is 2.16 bits per heavy atom. The van der Waals surface area contributed by atoms with E-state index in [0.717, 1.165) is 22.4 Å². The van der Waals surface area contributed by atoms with Crippen LogP contribution in [-0.4, -0.2) is 9.52 Å². The molecule has 0 heterocycles. The Kier molecular flexibility index (Phi) is 11.8. The standard InChI is InChI=1S/C31H25.C2H6Si.2ClH.Zr/c1-3-21-18-29-25(23-12-6-4-10-20(23)2)14-8-16-27(29)31(21)28-17-9-15-26-24-13-7-5-11-22(24)19-30(26)28;1-3-2;;;/h4-16,18,31H,3,19H2,1-2H3;1-2H3;2*1H;/q-1;;;;+3/p-2. The second-order valence-electron chi connectivity index (χ2n) is 9.25. The number of aryl methyl sites for hydroxylation is 1. The van der Waals surface area contributed by atoms with E-state index in [9.17, 15) is 0 Å². The zero-order valence-electron chi connectivity index (χ0n) is 21.8. The van der Waals surface area contributed by atoms with Crippen molar-refractivity contribution in [2.45, 2.75) is 45.7 Å². The summed E-state index contributed by atoms with van der Waals surface area (Å²) in [4.78, 5) is 0. The van der Waals surface area contributed by atoms with Gasteiger partial charge in [-0.3, -0.25) is 0 Å². The molecule has 0 spiro atoms. The molecule has 0 aromatic heterocycles. The Balaban J connectivity index is 0.000000767. The van der Waals surface area contributed by atoms with Crippen molar-refractivity contribution in [2.75, 3.05) is 0 Å². The molecule has 2 aliphatic carbocycles. The van der Waals surface area contributed by atoms with Crippen LogP contribution in [0.5, 0.6) is 0 Å². The van der Waals surface area contributed by atoms with Crippen LogP contribution < -0.4 is 24.8 Å². The van der Waals surface area contributed by atoms with Crippen LogP contribution in [0.15, 0.2) is 84.4 Å². The van der Waals surface area contributed by atoms with Gasteiger partial charge in [-0.15, -0.1) is 16.7 Å². The summed E-state index contributed by atoms with van der Waals surface area (Å²) in [6.07, 6.45) is 4.52. The van der Waals surface area contributed by atoms with Crippen molar-refractivity contribution < 1.29 is 51.0 Å². The van der Waals surface area contributed by atoms with Gasteiger partial charge in [0.1, 0.15) is 0 Å². The van der Waals surface area contributed by atoms with E-state index in [4.69, 9.17) is 0 Å². The topological polar surface area (TPSA) is 0 Å². The van der Waals surface area contributed by atoms with Gasteiger partial charge < -0.3 is 24.8 Å². The summed E-state index contributed by atoms with van der Waals surface area (Å²) in [5.41, 5.74) is 15.4. The molecule has 0 nitrogen and oxygen atoms in total. The first kappa shape index (κ1) is 31.5. The predicted octanol–water partition coefficient (Wildman–Crippen LogP) is 2.76. The van der Waals surface area contributed by atoms with Gasteiger partial charge in [-0.25, -0.2) is 0 Å². The van der Waals surface area contributed by atoms with Gasteiger partial charge in [0, 0.05) is 15.4 Å². The number of fused-ring (bicyclic) bond motifs is 4. The maximum absolute atomic E-state index is 3.68. The van der Waals surface area contributed by atoms with Gasteiger partial charge in [0.05, 0.1) is 0 Å². The summed E-state index contributed by atoms with van der Waals surface area (Å²) in [5, 5.41) is 0. The number of allylic oxidation sites excluding steroid dienone is 1. The third-order valence-corrected chi connectivity index (χ3v) is 7.10. The largest absolute Gasteiger partial charge is 3.00 e. The van der Waals surface area contributed by atoms with Gasteiger partial charge in [0.15, 0.2) is 0 Å². The molecule has 4 aromatic carbocycles. The first-order valence-electron chi connectivity index (χ1n) is 12.3. The smallest absolute Gasteiger partial charge is 1.00 e. The fraction of sp³-hybridized carbons (Fsp3) is 0.212. The van der Waals surface area contributed by atoms with E-state index in [0.29, 0.717) is 5.92 Å². The summed E-state index contributed by atoms with van der Waals surface area (Å²) in [6, 6.07) is 32.5. The molecule has 0 saturated heterocycles. The Morgan fingerprint density at radius 2 is 1.46 bits per heavy atom. The molecule has 1 atom stereocenters. The van der Waals surface area contributed by atoms with Crippen molar-refractivity contribution in [2.24, 2.45) is 0 Å². The van der Waals surface area contributed by atoms with Crippen LogP contribution in [0.1, 0.15) is 52.6 Å². The Bertz CT molecular complexity index is 1390. The molecule has 6 rings (SSSR count). The van der Waals surface area contributed by atoms with Crippen LogP contribution in [-0.2, 0) is 32.6 Å². The second kappa shape index (κ2) is 13.9. The molecular weight excluding hydrogens is 587 g/mol. The molecule has 0 N–H and O–H groups in total. The SMILES string of the molecule is CCC1=Cc2c(-c3ccccc3C)cccc2C1c1[c-]ccc2c1Cc1ccccc1-2.C[Si]C.[Cl-].[Cl-].[Zr+3]. The van der Waals surface area contributed by atoms with E-state index in [1.807, 2.05) is 0 Å². The van der Waals surface area contributed by atoms with Gasteiger partial charge in [0.25, 0.3) is 0 Å². The van der Waals surface area contributed by atoms with E-state index in [-0.39, 0.29) is 51.0 Å². The molecule has 4 heteroatoms. The second-order valence-corrected chi connectivity index (χ2v) is 10.2. The monoisotopic (exact) mass is 615 g/mol. The normalized spacial score (nSPS) is 13.8. The average molecular weight is 618 g/mol. The fourth-order valence-electron chi connectivity index (χ4n) is 5.60. The van der Waals surface area contributed by atoms with Gasteiger partial charge >= 0.3 is 26.2 Å². The zero-order valence-corrected chi connectivity index (χ0v) is 26.8. The van der Waals surface area contributed by atoms with Crippen LogP contribution in [0.4, 0.5) is 0 Å². The zero-order chi connectivity index (χ0) is 23.7.